The average molecular weight is 178 g/mol. The van der Waals surface area contributed by atoms with Crippen molar-refractivity contribution in [1.82, 2.24) is 20.5 Å². The largest absolute Gasteiger partial charge is 0.307 e. The van der Waals surface area contributed by atoms with Gasteiger partial charge >= 0.3 is 0 Å². The third-order valence-corrected chi connectivity index (χ3v) is 2.26. The van der Waals surface area contributed by atoms with E-state index in [2.05, 4.69) is 20.5 Å². The fraction of sp³-hybridized carbons (Fsp3) is 0.667. The van der Waals surface area contributed by atoms with Crippen LogP contribution in [0.2, 0.25) is 0 Å². The summed E-state index contributed by atoms with van der Waals surface area (Å²) in [4.78, 5) is 4.34. The highest BCUT2D eigenvalue weighted by Gasteiger charge is 2.20. The Labute approximate surface area is 77.8 Å². The Bertz CT molecular complexity index is 306. The van der Waals surface area contributed by atoms with Crippen molar-refractivity contribution < 1.29 is 0 Å². The summed E-state index contributed by atoms with van der Waals surface area (Å²) in [6, 6.07) is 0.699. The average Bonchev–Trinajstić information content (AvgIpc) is 2.91. The Morgan fingerprint density at radius 3 is 2.62 bits per heavy atom. The summed E-state index contributed by atoms with van der Waals surface area (Å²) in [6.07, 6.45) is 2.58. The van der Waals surface area contributed by atoms with Crippen LogP contribution in [-0.2, 0) is 6.54 Å². The van der Waals surface area contributed by atoms with E-state index in [4.69, 9.17) is 0 Å². The van der Waals surface area contributed by atoms with E-state index in [1.54, 1.807) is 0 Å². The molecule has 13 heavy (non-hydrogen) atoms. The molecule has 2 rings (SSSR count). The molecule has 70 valence electrons. The summed E-state index contributed by atoms with van der Waals surface area (Å²) in [5.41, 5.74) is 1.89. The van der Waals surface area contributed by atoms with Crippen molar-refractivity contribution in [3.05, 3.63) is 17.2 Å². The van der Waals surface area contributed by atoms with E-state index >= 15 is 0 Å². The lowest BCUT2D eigenvalue weighted by molar-refractivity contribution is 0.639. The van der Waals surface area contributed by atoms with Crippen molar-refractivity contribution in [2.75, 3.05) is 0 Å². The number of hydrogen-bond donors (Lipinski definition) is 1. The van der Waals surface area contributed by atoms with Gasteiger partial charge in [0.15, 0.2) is 5.82 Å². The summed E-state index contributed by atoms with van der Waals surface area (Å²) >= 11 is 0. The molecular weight excluding hydrogens is 164 g/mol. The zero-order valence-corrected chi connectivity index (χ0v) is 8.04. The molecule has 1 heterocycles. The first-order valence-electron chi connectivity index (χ1n) is 4.66. The lowest BCUT2D eigenvalue weighted by Crippen LogP contribution is -2.18. The van der Waals surface area contributed by atoms with E-state index in [1.165, 1.54) is 12.8 Å². The van der Waals surface area contributed by atoms with Gasteiger partial charge < -0.3 is 5.32 Å². The number of nitrogens with zero attached hydrogens (tertiary/aromatic N) is 3. The Morgan fingerprint density at radius 2 is 2.00 bits per heavy atom. The smallest absolute Gasteiger partial charge is 0.165 e. The van der Waals surface area contributed by atoms with Crippen molar-refractivity contribution in [3.8, 4) is 0 Å². The molecule has 0 amide bonds. The van der Waals surface area contributed by atoms with Gasteiger partial charge in [-0.25, -0.2) is 4.98 Å². The van der Waals surface area contributed by atoms with Crippen LogP contribution >= 0.6 is 0 Å². The molecule has 4 heteroatoms. The molecule has 1 aliphatic rings. The molecule has 1 aromatic heterocycles. The van der Waals surface area contributed by atoms with Crippen molar-refractivity contribution in [2.45, 2.75) is 39.3 Å². The first-order valence-corrected chi connectivity index (χ1v) is 4.66. The highest BCUT2D eigenvalue weighted by atomic mass is 15.2. The fourth-order valence-corrected chi connectivity index (χ4v) is 1.10. The number of aryl methyl sites for hydroxylation is 2. The van der Waals surface area contributed by atoms with Gasteiger partial charge in [-0.05, 0) is 26.7 Å². The third kappa shape index (κ3) is 2.21. The van der Waals surface area contributed by atoms with Gasteiger partial charge in [0.25, 0.3) is 0 Å². The van der Waals surface area contributed by atoms with E-state index in [9.17, 15) is 0 Å². The zero-order chi connectivity index (χ0) is 9.26. The molecular formula is C9H14N4. The number of rotatable bonds is 3. The van der Waals surface area contributed by atoms with Crippen molar-refractivity contribution in [3.63, 3.8) is 0 Å². The SMILES string of the molecule is Cc1nnc(CNC2CC2)nc1C. The van der Waals surface area contributed by atoms with Crippen LogP contribution in [-0.4, -0.2) is 21.2 Å². The highest BCUT2D eigenvalue weighted by molar-refractivity contribution is 5.05. The molecule has 0 unspecified atom stereocenters. The Morgan fingerprint density at radius 1 is 1.23 bits per heavy atom. The van der Waals surface area contributed by atoms with Crippen molar-refractivity contribution in [2.24, 2.45) is 0 Å². The summed E-state index contributed by atoms with van der Waals surface area (Å²) < 4.78 is 0. The maximum atomic E-state index is 4.34. The molecule has 4 nitrogen and oxygen atoms in total. The Kier molecular flexibility index (Phi) is 2.22. The molecule has 1 aromatic rings. The number of hydrogen-bond acceptors (Lipinski definition) is 4. The van der Waals surface area contributed by atoms with E-state index in [0.717, 1.165) is 23.8 Å². The normalized spacial score (nSPS) is 16.2. The molecule has 0 radical (unpaired) electrons. The molecule has 0 atom stereocenters. The van der Waals surface area contributed by atoms with Gasteiger partial charge in [0.05, 0.1) is 17.9 Å². The van der Waals surface area contributed by atoms with Crippen LogP contribution in [0.25, 0.3) is 0 Å². The Balaban J connectivity index is 1.98. The first kappa shape index (κ1) is 8.56. The number of nitrogens with one attached hydrogen (secondary N) is 1. The minimum absolute atomic E-state index is 0.699. The summed E-state index contributed by atoms with van der Waals surface area (Å²) in [5, 5.41) is 11.4. The molecule has 1 aliphatic carbocycles. The second kappa shape index (κ2) is 3.38. The number of aromatic nitrogens is 3. The lowest BCUT2D eigenvalue weighted by atomic mass is 10.4. The molecule has 0 aliphatic heterocycles. The summed E-state index contributed by atoms with van der Waals surface area (Å²) in [5.74, 6) is 0.801. The quantitative estimate of drug-likeness (QED) is 0.741. The maximum absolute atomic E-state index is 4.34. The molecule has 0 saturated heterocycles. The van der Waals surface area contributed by atoms with Crippen LogP contribution < -0.4 is 5.32 Å². The maximum Gasteiger partial charge on any atom is 0.165 e. The monoisotopic (exact) mass is 178 g/mol. The molecule has 1 saturated carbocycles. The van der Waals surface area contributed by atoms with Gasteiger partial charge in [0.2, 0.25) is 0 Å². The predicted octanol–water partition coefficient (Wildman–Crippen LogP) is 0.740. The van der Waals surface area contributed by atoms with Gasteiger partial charge in [0, 0.05) is 6.04 Å². The van der Waals surface area contributed by atoms with Crippen LogP contribution in [0.4, 0.5) is 0 Å². The van der Waals surface area contributed by atoms with Crippen molar-refractivity contribution in [1.29, 1.82) is 0 Å². The summed E-state index contributed by atoms with van der Waals surface area (Å²) in [6.45, 7) is 4.64. The predicted molar refractivity (Wildman–Crippen MR) is 49.2 cm³/mol. The van der Waals surface area contributed by atoms with Gasteiger partial charge in [-0.15, -0.1) is 5.10 Å². The molecule has 0 bridgehead atoms. The van der Waals surface area contributed by atoms with Crippen LogP contribution in [0.1, 0.15) is 30.1 Å². The highest BCUT2D eigenvalue weighted by Crippen LogP contribution is 2.18. The third-order valence-electron chi connectivity index (χ3n) is 2.26. The van der Waals surface area contributed by atoms with E-state index in [1.807, 2.05) is 13.8 Å². The van der Waals surface area contributed by atoms with Gasteiger partial charge in [-0.1, -0.05) is 0 Å². The minimum Gasteiger partial charge on any atom is -0.307 e. The molecule has 1 N–H and O–H groups in total. The second-order valence-corrected chi connectivity index (χ2v) is 3.55. The van der Waals surface area contributed by atoms with E-state index in [0.29, 0.717) is 6.04 Å². The van der Waals surface area contributed by atoms with Crippen LogP contribution in [0, 0.1) is 13.8 Å². The molecule has 1 fully saturated rings. The topological polar surface area (TPSA) is 50.7 Å². The van der Waals surface area contributed by atoms with Gasteiger partial charge in [-0.2, -0.15) is 5.10 Å². The van der Waals surface area contributed by atoms with Gasteiger partial charge in [0.1, 0.15) is 0 Å². The zero-order valence-electron chi connectivity index (χ0n) is 8.04. The standard InChI is InChI=1S/C9H14N4/c1-6-7(2)12-13-9(11-6)5-10-8-3-4-8/h8,10H,3-5H2,1-2H3. The van der Waals surface area contributed by atoms with Crippen LogP contribution in [0.5, 0.6) is 0 Å². The second-order valence-electron chi connectivity index (χ2n) is 3.55. The van der Waals surface area contributed by atoms with Gasteiger partial charge in [-0.3, -0.25) is 0 Å². The van der Waals surface area contributed by atoms with E-state index in [-0.39, 0.29) is 0 Å². The lowest BCUT2D eigenvalue weighted by Gasteiger charge is -2.02. The van der Waals surface area contributed by atoms with Crippen LogP contribution in [0.15, 0.2) is 0 Å². The minimum atomic E-state index is 0.699. The van der Waals surface area contributed by atoms with Crippen LogP contribution in [0.3, 0.4) is 0 Å². The summed E-state index contributed by atoms with van der Waals surface area (Å²) in [7, 11) is 0. The van der Waals surface area contributed by atoms with E-state index < -0.39 is 0 Å². The fourth-order valence-electron chi connectivity index (χ4n) is 1.10. The molecule has 0 aromatic carbocycles. The Hall–Kier alpha value is -1.03. The first-order chi connectivity index (χ1) is 6.25. The molecule has 0 spiro atoms. The van der Waals surface area contributed by atoms with Crippen molar-refractivity contribution >= 4 is 0 Å².